The van der Waals surface area contributed by atoms with Gasteiger partial charge >= 0.3 is 0 Å². The van der Waals surface area contributed by atoms with Gasteiger partial charge in [-0.05, 0) is 38.8 Å². The zero-order valence-corrected chi connectivity index (χ0v) is 14.2. The summed E-state index contributed by atoms with van der Waals surface area (Å²) in [7, 11) is 0. The van der Waals surface area contributed by atoms with Crippen molar-refractivity contribution in [1.29, 1.82) is 0 Å². The van der Waals surface area contributed by atoms with Gasteiger partial charge in [-0.25, -0.2) is 0 Å². The van der Waals surface area contributed by atoms with Crippen LogP contribution in [0.25, 0.3) is 0 Å². The van der Waals surface area contributed by atoms with Crippen LogP contribution < -0.4 is 0 Å². The van der Waals surface area contributed by atoms with Gasteiger partial charge in [0.25, 0.3) is 0 Å². The van der Waals surface area contributed by atoms with Gasteiger partial charge in [-0.3, -0.25) is 9.59 Å². The Balaban J connectivity index is 2.04. The fourth-order valence-corrected chi connectivity index (χ4v) is 2.78. The summed E-state index contributed by atoms with van der Waals surface area (Å²) >= 11 is 0. The van der Waals surface area contributed by atoms with Crippen molar-refractivity contribution in [2.24, 2.45) is 0 Å². The summed E-state index contributed by atoms with van der Waals surface area (Å²) in [4.78, 5) is 27.7. The van der Waals surface area contributed by atoms with E-state index in [1.165, 1.54) is 6.92 Å². The third kappa shape index (κ3) is 5.10. The summed E-state index contributed by atoms with van der Waals surface area (Å²) in [6.07, 6.45) is 3.65. The molecule has 1 aromatic rings. The van der Waals surface area contributed by atoms with Gasteiger partial charge in [0.2, 0.25) is 11.8 Å². The molecule has 0 N–H and O–H groups in total. The molecule has 1 saturated heterocycles. The van der Waals surface area contributed by atoms with Crippen LogP contribution in [0.15, 0.2) is 22.8 Å². The number of carbonyl (C=O) groups is 2. The second kappa shape index (κ2) is 8.15. The molecule has 6 heteroatoms. The highest BCUT2D eigenvalue weighted by atomic mass is 16.5. The van der Waals surface area contributed by atoms with Crippen molar-refractivity contribution < 1.29 is 18.7 Å². The smallest absolute Gasteiger partial charge is 0.242 e. The van der Waals surface area contributed by atoms with Gasteiger partial charge in [-0.2, -0.15) is 0 Å². The molecule has 6 nitrogen and oxygen atoms in total. The first-order valence-corrected chi connectivity index (χ1v) is 8.16. The highest BCUT2D eigenvalue weighted by Gasteiger charge is 2.26. The van der Waals surface area contributed by atoms with E-state index in [0.717, 1.165) is 25.2 Å². The van der Waals surface area contributed by atoms with Gasteiger partial charge in [0, 0.05) is 26.1 Å². The lowest BCUT2D eigenvalue weighted by Crippen LogP contribution is -2.46. The van der Waals surface area contributed by atoms with Crippen LogP contribution in [0.2, 0.25) is 0 Å². The molecular formula is C17H26N2O4. The molecule has 2 heterocycles. The molecule has 0 radical (unpaired) electrons. The van der Waals surface area contributed by atoms with E-state index in [-0.39, 0.29) is 30.5 Å². The number of nitrogens with zero attached hydrogens (tertiary/aromatic N) is 2. The molecule has 2 amide bonds. The van der Waals surface area contributed by atoms with Crippen molar-refractivity contribution in [3.8, 4) is 0 Å². The molecule has 23 heavy (non-hydrogen) atoms. The molecule has 1 atom stereocenters. The predicted molar refractivity (Wildman–Crippen MR) is 85.6 cm³/mol. The Labute approximate surface area is 137 Å². The van der Waals surface area contributed by atoms with Crippen LogP contribution in [0.1, 0.15) is 39.4 Å². The second-order valence-electron chi connectivity index (χ2n) is 6.23. The minimum absolute atomic E-state index is 0.00959. The number of furan rings is 1. The van der Waals surface area contributed by atoms with E-state index < -0.39 is 0 Å². The number of hydrogen-bond acceptors (Lipinski definition) is 4. The average Bonchev–Trinajstić information content (AvgIpc) is 3.16. The van der Waals surface area contributed by atoms with Crippen LogP contribution in [-0.2, 0) is 20.9 Å². The van der Waals surface area contributed by atoms with E-state index in [4.69, 9.17) is 9.15 Å². The summed E-state index contributed by atoms with van der Waals surface area (Å²) in [5, 5.41) is 0. The van der Waals surface area contributed by atoms with Gasteiger partial charge in [-0.15, -0.1) is 0 Å². The number of carbonyl (C=O) groups excluding carboxylic acids is 2. The molecule has 1 aromatic heterocycles. The largest absolute Gasteiger partial charge is 0.467 e. The predicted octanol–water partition coefficient (Wildman–Crippen LogP) is 2.04. The van der Waals surface area contributed by atoms with Crippen LogP contribution in [0, 0.1) is 0 Å². The van der Waals surface area contributed by atoms with Crippen molar-refractivity contribution in [1.82, 2.24) is 9.80 Å². The van der Waals surface area contributed by atoms with E-state index in [0.29, 0.717) is 13.1 Å². The fourth-order valence-electron chi connectivity index (χ4n) is 2.78. The Morgan fingerprint density at radius 1 is 1.39 bits per heavy atom. The van der Waals surface area contributed by atoms with Crippen molar-refractivity contribution in [2.75, 3.05) is 19.7 Å². The lowest BCUT2D eigenvalue weighted by molar-refractivity contribution is -0.142. The fraction of sp³-hybridized carbons (Fsp3) is 0.647. The van der Waals surface area contributed by atoms with E-state index >= 15 is 0 Å². The first-order chi connectivity index (χ1) is 11.0. The van der Waals surface area contributed by atoms with E-state index in [2.05, 4.69) is 0 Å². The maximum absolute atomic E-state index is 12.7. The van der Waals surface area contributed by atoms with Gasteiger partial charge < -0.3 is 19.0 Å². The lowest BCUT2D eigenvalue weighted by Gasteiger charge is -2.30. The zero-order chi connectivity index (χ0) is 16.8. The molecule has 128 valence electrons. The summed E-state index contributed by atoms with van der Waals surface area (Å²) < 4.78 is 11.0. The highest BCUT2D eigenvalue weighted by Crippen LogP contribution is 2.16. The lowest BCUT2D eigenvalue weighted by atomic mass is 10.2. The Hall–Kier alpha value is -1.82. The minimum atomic E-state index is -0.0941. The third-order valence-electron chi connectivity index (χ3n) is 4.06. The summed E-state index contributed by atoms with van der Waals surface area (Å²) in [5.41, 5.74) is 0. The van der Waals surface area contributed by atoms with Crippen LogP contribution >= 0.6 is 0 Å². The monoisotopic (exact) mass is 322 g/mol. The Morgan fingerprint density at radius 2 is 2.17 bits per heavy atom. The molecule has 1 aliphatic rings. The normalized spacial score (nSPS) is 17.5. The minimum Gasteiger partial charge on any atom is -0.467 e. The molecule has 0 aliphatic carbocycles. The summed E-state index contributed by atoms with van der Waals surface area (Å²) in [6, 6.07) is 3.64. The number of rotatable bonds is 7. The molecule has 0 spiro atoms. The molecule has 0 bridgehead atoms. The molecule has 1 aliphatic heterocycles. The van der Waals surface area contributed by atoms with E-state index in [1.54, 1.807) is 22.1 Å². The van der Waals surface area contributed by atoms with Gasteiger partial charge in [0.05, 0.1) is 25.5 Å². The van der Waals surface area contributed by atoms with Gasteiger partial charge in [-0.1, -0.05) is 0 Å². The highest BCUT2D eigenvalue weighted by molar-refractivity contribution is 5.84. The van der Waals surface area contributed by atoms with Crippen molar-refractivity contribution in [2.45, 2.75) is 52.3 Å². The Kier molecular flexibility index (Phi) is 6.21. The number of ether oxygens (including phenoxy) is 1. The molecule has 1 unspecified atom stereocenters. The average molecular weight is 322 g/mol. The van der Waals surface area contributed by atoms with Crippen LogP contribution in [0.4, 0.5) is 0 Å². The number of hydrogen-bond donors (Lipinski definition) is 0. The topological polar surface area (TPSA) is 63.0 Å². The molecular weight excluding hydrogens is 296 g/mol. The third-order valence-corrected chi connectivity index (χ3v) is 4.06. The van der Waals surface area contributed by atoms with Crippen molar-refractivity contribution in [3.05, 3.63) is 24.2 Å². The molecule has 1 fully saturated rings. The van der Waals surface area contributed by atoms with Gasteiger partial charge in [0.1, 0.15) is 5.76 Å². The Bertz CT molecular complexity index is 507. The molecule has 2 rings (SSSR count). The summed E-state index contributed by atoms with van der Waals surface area (Å²) in [5.74, 6) is 0.555. The SMILES string of the molecule is CC(=O)N(CC(=O)N(Cc1ccco1)CC1CCCO1)C(C)C. The van der Waals surface area contributed by atoms with Crippen LogP contribution in [0.5, 0.6) is 0 Å². The van der Waals surface area contributed by atoms with Crippen molar-refractivity contribution in [3.63, 3.8) is 0 Å². The van der Waals surface area contributed by atoms with Crippen LogP contribution in [-0.4, -0.2) is 53.5 Å². The maximum atomic E-state index is 12.7. The van der Waals surface area contributed by atoms with Gasteiger partial charge in [0.15, 0.2) is 0 Å². The molecule has 0 aromatic carbocycles. The van der Waals surface area contributed by atoms with E-state index in [9.17, 15) is 9.59 Å². The summed E-state index contributed by atoms with van der Waals surface area (Å²) in [6.45, 7) is 7.07. The molecule has 0 saturated carbocycles. The first-order valence-electron chi connectivity index (χ1n) is 8.16. The number of amides is 2. The van der Waals surface area contributed by atoms with Crippen molar-refractivity contribution >= 4 is 11.8 Å². The quantitative estimate of drug-likeness (QED) is 0.771. The zero-order valence-electron chi connectivity index (χ0n) is 14.2. The first kappa shape index (κ1) is 17.5. The standard InChI is InChI=1S/C17H26N2O4/c1-13(2)19(14(3)20)12-17(21)18(10-15-6-4-8-22-15)11-16-7-5-9-23-16/h4,6,8,13,16H,5,7,9-12H2,1-3H3. The maximum Gasteiger partial charge on any atom is 0.242 e. The Morgan fingerprint density at radius 3 is 2.70 bits per heavy atom. The second-order valence-corrected chi connectivity index (χ2v) is 6.23. The van der Waals surface area contributed by atoms with E-state index in [1.807, 2.05) is 19.9 Å². The van der Waals surface area contributed by atoms with Crippen LogP contribution in [0.3, 0.4) is 0 Å².